The summed E-state index contributed by atoms with van der Waals surface area (Å²) in [6.07, 6.45) is 0. The van der Waals surface area contributed by atoms with Crippen molar-refractivity contribution in [2.75, 3.05) is 0 Å². The molecule has 0 heterocycles. The molecule has 2 aromatic rings. The molecule has 0 aliphatic rings. The van der Waals surface area contributed by atoms with Crippen LogP contribution in [-0.4, -0.2) is 5.11 Å². The van der Waals surface area contributed by atoms with Crippen molar-refractivity contribution in [3.8, 4) is 11.8 Å². The van der Waals surface area contributed by atoms with Gasteiger partial charge in [-0.1, -0.05) is 32.0 Å². The van der Waals surface area contributed by atoms with Crippen LogP contribution in [0.4, 0.5) is 13.2 Å². The number of phenolic OH excluding ortho intramolecular Hbond substituents is 1. The highest BCUT2D eigenvalue weighted by Gasteiger charge is 2.08. The van der Waals surface area contributed by atoms with Crippen LogP contribution in [-0.2, 0) is 0 Å². The fraction of sp³-hybridized carbons (Fsp3) is 0.133. The van der Waals surface area contributed by atoms with Crippen molar-refractivity contribution in [1.29, 1.82) is 5.26 Å². The van der Waals surface area contributed by atoms with Gasteiger partial charge in [0.25, 0.3) is 0 Å². The second-order valence-corrected chi connectivity index (χ2v) is 3.19. The van der Waals surface area contributed by atoms with Crippen molar-refractivity contribution in [2.45, 2.75) is 13.8 Å². The van der Waals surface area contributed by atoms with Crippen molar-refractivity contribution in [1.82, 2.24) is 0 Å². The molecule has 0 radical (unpaired) electrons. The number of nitrogens with zero attached hydrogens (tertiary/aromatic N) is 1. The summed E-state index contributed by atoms with van der Waals surface area (Å²) in [5.41, 5.74) is -0.496. The number of hydrogen-bond donors (Lipinski definition) is 1. The summed E-state index contributed by atoms with van der Waals surface area (Å²) in [6.45, 7) is 4.00. The van der Waals surface area contributed by atoms with Crippen LogP contribution in [0.5, 0.6) is 5.75 Å². The zero-order valence-electron chi connectivity index (χ0n) is 11.1. The first kappa shape index (κ1) is 17.5. The average molecular weight is 281 g/mol. The van der Waals surface area contributed by atoms with Crippen molar-refractivity contribution in [3.63, 3.8) is 0 Å². The maximum atomic E-state index is 12.4. The van der Waals surface area contributed by atoms with Gasteiger partial charge in [-0.25, -0.2) is 13.2 Å². The highest BCUT2D eigenvalue weighted by molar-refractivity contribution is 5.31. The molecule has 0 aromatic heterocycles. The molecule has 2 rings (SSSR count). The van der Waals surface area contributed by atoms with Gasteiger partial charge < -0.3 is 5.11 Å². The topological polar surface area (TPSA) is 44.0 Å². The minimum absolute atomic E-state index is 0.322. The Kier molecular flexibility index (Phi) is 8.28. The minimum Gasteiger partial charge on any atom is -0.508 e. The standard InChI is InChI=1S/C7H2F3N.C6H6O.C2H6/c8-5-2-7(10)6(9)1-4(5)3-11;7-6-4-2-1-3-5-6;1-2/h1-2H;1-5,7H;1-2H3. The SMILES string of the molecule is CC.N#Cc1cc(F)c(F)cc1F.Oc1ccccc1. The van der Waals surface area contributed by atoms with Crippen LogP contribution < -0.4 is 0 Å². The van der Waals surface area contributed by atoms with Gasteiger partial charge in [0.2, 0.25) is 0 Å². The van der Waals surface area contributed by atoms with Gasteiger partial charge in [-0.2, -0.15) is 5.26 Å². The molecular weight excluding hydrogens is 267 g/mol. The van der Waals surface area contributed by atoms with Crippen molar-refractivity contribution in [3.05, 3.63) is 65.5 Å². The fourth-order valence-electron chi connectivity index (χ4n) is 1.04. The molecule has 2 nitrogen and oxygen atoms in total. The molecule has 0 saturated heterocycles. The molecule has 20 heavy (non-hydrogen) atoms. The Labute approximate surface area is 115 Å². The number of benzene rings is 2. The maximum absolute atomic E-state index is 12.4. The number of hydrogen-bond acceptors (Lipinski definition) is 2. The summed E-state index contributed by atoms with van der Waals surface area (Å²) >= 11 is 0. The van der Waals surface area contributed by atoms with Crippen molar-refractivity contribution < 1.29 is 18.3 Å². The Morgan fingerprint density at radius 2 is 1.40 bits per heavy atom. The molecule has 0 aliphatic carbocycles. The van der Waals surface area contributed by atoms with Crippen LogP contribution in [0.2, 0.25) is 0 Å². The maximum Gasteiger partial charge on any atom is 0.161 e. The molecule has 0 saturated carbocycles. The van der Waals surface area contributed by atoms with Gasteiger partial charge in [0.05, 0.1) is 5.56 Å². The Morgan fingerprint density at radius 1 is 0.900 bits per heavy atom. The molecule has 106 valence electrons. The van der Waals surface area contributed by atoms with E-state index in [0.29, 0.717) is 17.9 Å². The number of phenols is 1. The van der Waals surface area contributed by atoms with Crippen LogP contribution in [0.1, 0.15) is 19.4 Å². The Balaban J connectivity index is 0.000000345. The zero-order chi connectivity index (χ0) is 15.5. The number of rotatable bonds is 0. The molecule has 0 amide bonds. The normalized spacial score (nSPS) is 8.40. The van der Waals surface area contributed by atoms with Crippen LogP contribution in [0.15, 0.2) is 42.5 Å². The van der Waals surface area contributed by atoms with Gasteiger partial charge in [0.15, 0.2) is 11.6 Å². The highest BCUT2D eigenvalue weighted by atomic mass is 19.2. The van der Waals surface area contributed by atoms with Gasteiger partial charge in [-0.05, 0) is 18.2 Å². The third kappa shape index (κ3) is 5.91. The molecule has 0 aliphatic heterocycles. The number of para-hydroxylation sites is 1. The predicted molar refractivity (Wildman–Crippen MR) is 70.5 cm³/mol. The molecule has 0 atom stereocenters. The lowest BCUT2D eigenvalue weighted by molar-refractivity contribution is 0.475. The minimum atomic E-state index is -1.29. The first-order chi connectivity index (χ1) is 9.54. The van der Waals surface area contributed by atoms with E-state index in [1.165, 1.54) is 6.07 Å². The molecule has 5 heteroatoms. The van der Waals surface area contributed by atoms with E-state index in [9.17, 15) is 13.2 Å². The summed E-state index contributed by atoms with van der Waals surface area (Å²) in [5.74, 6) is -3.24. The number of halogens is 3. The van der Waals surface area contributed by atoms with E-state index >= 15 is 0 Å². The van der Waals surface area contributed by atoms with Gasteiger partial charge in [-0.15, -0.1) is 0 Å². The van der Waals surface area contributed by atoms with E-state index in [2.05, 4.69) is 0 Å². The Morgan fingerprint density at radius 3 is 1.80 bits per heavy atom. The summed E-state index contributed by atoms with van der Waals surface area (Å²) in [7, 11) is 0. The van der Waals surface area contributed by atoms with Crippen LogP contribution in [0.25, 0.3) is 0 Å². The lowest BCUT2D eigenvalue weighted by atomic mass is 10.2. The van der Waals surface area contributed by atoms with E-state index < -0.39 is 23.0 Å². The molecule has 0 bridgehead atoms. The van der Waals surface area contributed by atoms with Crippen molar-refractivity contribution in [2.24, 2.45) is 0 Å². The van der Waals surface area contributed by atoms with Gasteiger partial charge in [0.1, 0.15) is 17.6 Å². The Bertz CT molecular complexity index is 565. The lowest BCUT2D eigenvalue weighted by Crippen LogP contribution is -1.90. The smallest absolute Gasteiger partial charge is 0.161 e. The Hall–Kier alpha value is -2.48. The van der Waals surface area contributed by atoms with Gasteiger partial charge in [0, 0.05) is 6.07 Å². The molecule has 0 fully saturated rings. The average Bonchev–Trinajstić information content (AvgIpc) is 2.46. The second-order valence-electron chi connectivity index (χ2n) is 3.19. The molecule has 0 spiro atoms. The first-order valence-electron chi connectivity index (χ1n) is 5.83. The third-order valence-electron chi connectivity index (χ3n) is 1.89. The van der Waals surface area contributed by atoms with E-state index in [0.717, 1.165) is 0 Å². The molecular formula is C15H14F3NO. The largest absolute Gasteiger partial charge is 0.508 e. The second kappa shape index (κ2) is 9.45. The summed E-state index contributed by atoms with van der Waals surface area (Å²) in [5, 5.41) is 16.8. The van der Waals surface area contributed by atoms with E-state index in [1.54, 1.807) is 24.3 Å². The first-order valence-corrected chi connectivity index (χ1v) is 5.83. The summed E-state index contributed by atoms with van der Waals surface area (Å²) in [6, 6.07) is 11.0. The lowest BCUT2D eigenvalue weighted by Gasteiger charge is -1.93. The monoisotopic (exact) mass is 281 g/mol. The van der Waals surface area contributed by atoms with Crippen LogP contribution in [0, 0.1) is 28.8 Å². The van der Waals surface area contributed by atoms with Crippen LogP contribution >= 0.6 is 0 Å². The molecule has 2 aromatic carbocycles. The zero-order valence-corrected chi connectivity index (χ0v) is 11.1. The molecule has 1 N–H and O–H groups in total. The van der Waals surface area contributed by atoms with Gasteiger partial charge >= 0.3 is 0 Å². The van der Waals surface area contributed by atoms with Crippen LogP contribution in [0.3, 0.4) is 0 Å². The highest BCUT2D eigenvalue weighted by Crippen LogP contribution is 2.11. The fourth-order valence-corrected chi connectivity index (χ4v) is 1.04. The number of aromatic hydroxyl groups is 1. The summed E-state index contributed by atoms with van der Waals surface area (Å²) < 4.78 is 36.8. The van der Waals surface area contributed by atoms with Crippen molar-refractivity contribution >= 4 is 0 Å². The van der Waals surface area contributed by atoms with E-state index in [-0.39, 0.29) is 0 Å². The van der Waals surface area contributed by atoms with Gasteiger partial charge in [-0.3, -0.25) is 0 Å². The number of nitriles is 1. The van der Waals surface area contributed by atoms with E-state index in [1.807, 2.05) is 19.9 Å². The summed E-state index contributed by atoms with van der Waals surface area (Å²) in [4.78, 5) is 0. The predicted octanol–water partition coefficient (Wildman–Crippen LogP) is 4.39. The van der Waals surface area contributed by atoms with E-state index in [4.69, 9.17) is 10.4 Å². The molecule has 0 unspecified atom stereocenters. The quantitative estimate of drug-likeness (QED) is 0.728. The third-order valence-corrected chi connectivity index (χ3v) is 1.89.